The highest BCUT2D eigenvalue weighted by Gasteiger charge is 2.27. The van der Waals surface area contributed by atoms with E-state index in [1.54, 1.807) is 29.1 Å². The third-order valence-corrected chi connectivity index (χ3v) is 5.40. The molecule has 4 heterocycles. The van der Waals surface area contributed by atoms with Crippen molar-refractivity contribution in [3.05, 3.63) is 35.8 Å². The number of nitrogens with one attached hydrogen (secondary N) is 1. The predicted molar refractivity (Wildman–Crippen MR) is 104 cm³/mol. The fraction of sp³-hybridized carbons (Fsp3) is 0.450. The van der Waals surface area contributed by atoms with Gasteiger partial charge >= 0.3 is 0 Å². The van der Waals surface area contributed by atoms with Gasteiger partial charge in [0.05, 0.1) is 12.2 Å². The molecule has 8 nitrogen and oxygen atoms in total. The number of carbonyl (C=O) groups excluding carboxylic acids is 2. The topological polar surface area (TPSA) is 91.3 Å². The number of anilines is 1. The van der Waals surface area contributed by atoms with E-state index in [0.717, 1.165) is 29.1 Å². The first kappa shape index (κ1) is 18.3. The molecule has 146 valence electrons. The van der Waals surface area contributed by atoms with E-state index in [-0.39, 0.29) is 17.9 Å². The monoisotopic (exact) mass is 380 g/mol. The van der Waals surface area contributed by atoms with E-state index in [1.165, 1.54) is 0 Å². The Labute approximate surface area is 164 Å². The lowest BCUT2D eigenvalue weighted by Gasteiger charge is -2.33. The van der Waals surface area contributed by atoms with E-state index in [2.05, 4.69) is 10.3 Å². The summed E-state index contributed by atoms with van der Waals surface area (Å²) in [5, 5.41) is 3.55. The van der Waals surface area contributed by atoms with Crippen LogP contribution in [0.4, 0.5) is 5.82 Å². The third-order valence-electron chi connectivity index (χ3n) is 5.40. The van der Waals surface area contributed by atoms with Crippen LogP contribution in [0.1, 0.15) is 31.0 Å². The van der Waals surface area contributed by atoms with Gasteiger partial charge in [-0.15, -0.1) is 0 Å². The molecule has 1 atom stereocenters. The highest BCUT2D eigenvalue weighted by atomic mass is 16.2. The molecule has 8 heteroatoms. The molecule has 2 aromatic rings. The van der Waals surface area contributed by atoms with Gasteiger partial charge < -0.3 is 15.1 Å². The summed E-state index contributed by atoms with van der Waals surface area (Å²) in [7, 11) is 1.83. The number of fused-ring (bicyclic) bond motifs is 1. The predicted octanol–water partition coefficient (Wildman–Crippen LogP) is 1.48. The lowest BCUT2D eigenvalue weighted by molar-refractivity contribution is -0.132. The number of aromatic nitrogens is 3. The van der Waals surface area contributed by atoms with Crippen LogP contribution in [-0.2, 0) is 22.6 Å². The minimum atomic E-state index is 0.0501. The number of carbonyl (C=O) groups is 2. The Morgan fingerprint density at radius 3 is 2.86 bits per heavy atom. The molecular formula is C20H24N6O2. The molecule has 0 aromatic carbocycles. The Balaban J connectivity index is 1.69. The molecule has 2 aliphatic rings. The van der Waals surface area contributed by atoms with Gasteiger partial charge in [0, 0.05) is 63.0 Å². The van der Waals surface area contributed by atoms with Crippen LogP contribution in [0, 0.1) is 0 Å². The molecular weight excluding hydrogens is 356 g/mol. The van der Waals surface area contributed by atoms with E-state index in [1.807, 2.05) is 19.2 Å². The summed E-state index contributed by atoms with van der Waals surface area (Å²) in [6.45, 7) is 3.38. The van der Waals surface area contributed by atoms with Crippen molar-refractivity contribution < 1.29 is 9.59 Å². The number of amides is 2. The second kappa shape index (κ2) is 7.53. The van der Waals surface area contributed by atoms with E-state index in [4.69, 9.17) is 9.97 Å². The molecule has 0 unspecified atom stereocenters. The van der Waals surface area contributed by atoms with Gasteiger partial charge in [0.1, 0.15) is 5.82 Å². The first-order valence-electron chi connectivity index (χ1n) is 9.57. The second-order valence-electron chi connectivity index (χ2n) is 7.41. The number of hydrogen-bond acceptors (Lipinski definition) is 6. The zero-order chi connectivity index (χ0) is 19.7. The standard InChI is InChI=1S/C20H24N6O2/c1-13(27)26-9-7-16-17(12-26)23-19(14-4-3-8-21-10-14)24-20(16)22-15-5-6-18(28)25(2)11-15/h3-4,8,10,15H,5-7,9,11-12H2,1-2H3,(H,22,23,24)/t15-/m1/s1. The van der Waals surface area contributed by atoms with Crippen LogP contribution in [0.5, 0.6) is 0 Å². The first-order valence-corrected chi connectivity index (χ1v) is 9.57. The highest BCUT2D eigenvalue weighted by molar-refractivity contribution is 5.77. The van der Waals surface area contributed by atoms with Gasteiger partial charge in [0.2, 0.25) is 11.8 Å². The van der Waals surface area contributed by atoms with Gasteiger partial charge in [-0.2, -0.15) is 0 Å². The van der Waals surface area contributed by atoms with E-state index in [0.29, 0.717) is 38.3 Å². The molecule has 0 radical (unpaired) electrons. The zero-order valence-electron chi connectivity index (χ0n) is 16.2. The summed E-state index contributed by atoms with van der Waals surface area (Å²) in [6, 6.07) is 3.93. The fourth-order valence-electron chi connectivity index (χ4n) is 3.77. The van der Waals surface area contributed by atoms with Crippen LogP contribution in [0.3, 0.4) is 0 Å². The number of likely N-dealkylation sites (tertiary alicyclic amines) is 1. The largest absolute Gasteiger partial charge is 0.365 e. The minimum Gasteiger partial charge on any atom is -0.365 e. The van der Waals surface area contributed by atoms with Crippen LogP contribution in [0.25, 0.3) is 11.4 Å². The van der Waals surface area contributed by atoms with Gasteiger partial charge in [0.25, 0.3) is 0 Å². The number of rotatable bonds is 3. The number of piperidine rings is 1. The van der Waals surface area contributed by atoms with Gasteiger partial charge in [-0.3, -0.25) is 14.6 Å². The lowest BCUT2D eigenvalue weighted by Crippen LogP contribution is -2.43. The van der Waals surface area contributed by atoms with Gasteiger partial charge in [-0.25, -0.2) is 9.97 Å². The first-order chi connectivity index (χ1) is 13.5. The summed E-state index contributed by atoms with van der Waals surface area (Å²) < 4.78 is 0. The average molecular weight is 380 g/mol. The quantitative estimate of drug-likeness (QED) is 0.867. The van der Waals surface area contributed by atoms with Gasteiger partial charge in [-0.1, -0.05) is 0 Å². The van der Waals surface area contributed by atoms with Crippen molar-refractivity contribution in [3.8, 4) is 11.4 Å². The Kier molecular flexibility index (Phi) is 4.93. The normalized spacial score (nSPS) is 19.4. The molecule has 2 aliphatic heterocycles. The van der Waals surface area contributed by atoms with Crippen LogP contribution in [0.15, 0.2) is 24.5 Å². The number of pyridine rings is 1. The lowest BCUT2D eigenvalue weighted by atomic mass is 10.0. The van der Waals surface area contributed by atoms with Crippen molar-refractivity contribution in [2.24, 2.45) is 0 Å². The third kappa shape index (κ3) is 3.67. The fourth-order valence-corrected chi connectivity index (χ4v) is 3.77. The molecule has 4 rings (SSSR count). The smallest absolute Gasteiger partial charge is 0.222 e. The molecule has 0 saturated carbocycles. The Morgan fingerprint density at radius 2 is 2.14 bits per heavy atom. The molecule has 0 bridgehead atoms. The molecule has 1 N–H and O–H groups in total. The summed E-state index contributed by atoms with van der Waals surface area (Å²) in [6.07, 6.45) is 5.49. The highest BCUT2D eigenvalue weighted by Crippen LogP contribution is 2.28. The SMILES string of the molecule is CC(=O)N1CCc2c(nc(-c3cccnc3)nc2N[C@@H]2CCC(=O)N(C)C2)C1. The molecule has 0 spiro atoms. The maximum absolute atomic E-state index is 11.9. The summed E-state index contributed by atoms with van der Waals surface area (Å²) in [4.78, 5) is 40.9. The van der Waals surface area contributed by atoms with Crippen molar-refractivity contribution in [1.29, 1.82) is 0 Å². The van der Waals surface area contributed by atoms with Crippen LogP contribution >= 0.6 is 0 Å². The number of hydrogen-bond donors (Lipinski definition) is 1. The summed E-state index contributed by atoms with van der Waals surface area (Å²) >= 11 is 0. The molecule has 28 heavy (non-hydrogen) atoms. The second-order valence-corrected chi connectivity index (χ2v) is 7.41. The van der Waals surface area contributed by atoms with Crippen molar-refractivity contribution in [3.63, 3.8) is 0 Å². The van der Waals surface area contributed by atoms with Crippen molar-refractivity contribution >= 4 is 17.6 Å². The van der Waals surface area contributed by atoms with Crippen molar-refractivity contribution in [1.82, 2.24) is 24.8 Å². The maximum Gasteiger partial charge on any atom is 0.222 e. The molecule has 2 amide bonds. The minimum absolute atomic E-state index is 0.0501. The van der Waals surface area contributed by atoms with Gasteiger partial charge in [0.15, 0.2) is 5.82 Å². The van der Waals surface area contributed by atoms with Gasteiger partial charge in [-0.05, 0) is 25.0 Å². The van der Waals surface area contributed by atoms with Crippen LogP contribution in [0.2, 0.25) is 0 Å². The van der Waals surface area contributed by atoms with Crippen molar-refractivity contribution in [2.75, 3.05) is 25.5 Å². The Bertz CT molecular complexity index is 901. The van der Waals surface area contributed by atoms with E-state index < -0.39 is 0 Å². The van der Waals surface area contributed by atoms with Crippen LogP contribution in [-0.4, -0.2) is 62.7 Å². The Hall–Kier alpha value is -3.03. The van der Waals surface area contributed by atoms with E-state index in [9.17, 15) is 9.59 Å². The summed E-state index contributed by atoms with van der Waals surface area (Å²) in [5.74, 6) is 1.63. The average Bonchev–Trinajstić information content (AvgIpc) is 2.71. The Morgan fingerprint density at radius 1 is 1.29 bits per heavy atom. The maximum atomic E-state index is 11.9. The van der Waals surface area contributed by atoms with Crippen LogP contribution < -0.4 is 5.32 Å². The summed E-state index contributed by atoms with van der Waals surface area (Å²) in [5.41, 5.74) is 2.77. The van der Waals surface area contributed by atoms with Crippen molar-refractivity contribution in [2.45, 2.75) is 38.8 Å². The van der Waals surface area contributed by atoms with E-state index >= 15 is 0 Å². The molecule has 1 saturated heterocycles. The number of nitrogens with zero attached hydrogens (tertiary/aromatic N) is 5. The molecule has 0 aliphatic carbocycles. The molecule has 2 aromatic heterocycles. The number of likely N-dealkylation sites (N-methyl/N-ethyl adjacent to an activating group) is 1. The molecule has 1 fully saturated rings. The zero-order valence-corrected chi connectivity index (χ0v) is 16.2.